The van der Waals surface area contributed by atoms with Crippen LogP contribution in [-0.2, 0) is 11.2 Å². The molecule has 3 rings (SSSR count). The van der Waals surface area contributed by atoms with E-state index in [1.54, 1.807) is 35.6 Å². The third kappa shape index (κ3) is 4.99. The van der Waals surface area contributed by atoms with Crippen molar-refractivity contribution in [2.24, 2.45) is 0 Å². The van der Waals surface area contributed by atoms with Gasteiger partial charge in [0.15, 0.2) is 5.78 Å². The maximum Gasteiger partial charge on any atom is 0.277 e. The molecule has 2 aromatic heterocycles. The molecule has 134 valence electrons. The van der Waals surface area contributed by atoms with Crippen LogP contribution in [0.15, 0.2) is 39.3 Å². The molecule has 9 heteroatoms. The largest absolute Gasteiger partial charge is 0.416 e. The number of amides is 1. The van der Waals surface area contributed by atoms with Crippen LogP contribution in [0.4, 0.5) is 5.69 Å². The lowest BCUT2D eigenvalue weighted by molar-refractivity contribution is -0.113. The van der Waals surface area contributed by atoms with Gasteiger partial charge in [0.2, 0.25) is 11.8 Å². The Bertz CT molecular complexity index is 918. The summed E-state index contributed by atoms with van der Waals surface area (Å²) < 4.78 is 5.53. The van der Waals surface area contributed by atoms with Crippen molar-refractivity contribution in [2.45, 2.75) is 25.5 Å². The number of thiazole rings is 1. The van der Waals surface area contributed by atoms with Crippen LogP contribution in [0.3, 0.4) is 0 Å². The molecule has 3 aromatic rings. The average Bonchev–Trinajstić information content (AvgIpc) is 3.23. The Morgan fingerprint density at radius 2 is 2.00 bits per heavy atom. The predicted molar refractivity (Wildman–Crippen MR) is 99.8 cm³/mol. The van der Waals surface area contributed by atoms with Crippen molar-refractivity contribution in [3.8, 4) is 0 Å². The molecule has 1 aromatic carbocycles. The molecule has 0 saturated carbocycles. The number of ketones is 1. The van der Waals surface area contributed by atoms with Crippen molar-refractivity contribution in [3.63, 3.8) is 0 Å². The van der Waals surface area contributed by atoms with Gasteiger partial charge in [-0.05, 0) is 38.1 Å². The number of anilines is 1. The predicted octanol–water partition coefficient (Wildman–Crippen LogP) is 3.36. The van der Waals surface area contributed by atoms with E-state index in [0.29, 0.717) is 28.8 Å². The zero-order valence-corrected chi connectivity index (χ0v) is 15.8. The van der Waals surface area contributed by atoms with Crippen LogP contribution in [0.5, 0.6) is 0 Å². The molecule has 0 aliphatic carbocycles. The van der Waals surface area contributed by atoms with Gasteiger partial charge in [0, 0.05) is 16.6 Å². The van der Waals surface area contributed by atoms with Gasteiger partial charge in [-0.3, -0.25) is 9.59 Å². The second-order valence-electron chi connectivity index (χ2n) is 5.47. The smallest absolute Gasteiger partial charge is 0.277 e. The fraction of sp³-hybridized carbons (Fsp3) is 0.235. The molecule has 0 radical (unpaired) electrons. The maximum atomic E-state index is 12.0. The number of aromatic nitrogens is 3. The lowest BCUT2D eigenvalue weighted by Gasteiger charge is -2.04. The highest BCUT2D eigenvalue weighted by atomic mass is 32.2. The van der Waals surface area contributed by atoms with E-state index >= 15 is 0 Å². The Morgan fingerprint density at radius 1 is 1.23 bits per heavy atom. The number of aryl methyl sites for hydroxylation is 1. The number of hydrogen-bond acceptors (Lipinski definition) is 8. The molecule has 0 spiro atoms. The topological polar surface area (TPSA) is 98.0 Å². The molecule has 7 nitrogen and oxygen atoms in total. The van der Waals surface area contributed by atoms with Gasteiger partial charge in [-0.15, -0.1) is 21.5 Å². The summed E-state index contributed by atoms with van der Waals surface area (Å²) in [6, 6.07) is 6.74. The number of nitrogens with zero attached hydrogens (tertiary/aromatic N) is 3. The standard InChI is InChI=1S/C17H16N4O3S2/c1-10(22)12-3-5-13(6-4-12)19-15(23)9-26-17-21-20-16(24-17)7-14-8-25-11(2)18-14/h3-6,8H,7,9H2,1-2H3,(H,19,23). The highest BCUT2D eigenvalue weighted by Gasteiger charge is 2.12. The van der Waals surface area contributed by atoms with E-state index in [1.165, 1.54) is 18.7 Å². The Balaban J connectivity index is 1.49. The molecule has 0 aliphatic heterocycles. The summed E-state index contributed by atoms with van der Waals surface area (Å²) in [5.41, 5.74) is 2.12. The fourth-order valence-electron chi connectivity index (χ4n) is 2.12. The number of nitrogens with one attached hydrogen (secondary N) is 1. The number of thioether (sulfide) groups is 1. The summed E-state index contributed by atoms with van der Waals surface area (Å²) in [5.74, 6) is 0.406. The summed E-state index contributed by atoms with van der Waals surface area (Å²) >= 11 is 2.74. The monoisotopic (exact) mass is 388 g/mol. The Hall–Kier alpha value is -2.52. The van der Waals surface area contributed by atoms with Gasteiger partial charge in [-0.1, -0.05) is 11.8 Å². The van der Waals surface area contributed by atoms with Crippen molar-refractivity contribution in [1.82, 2.24) is 15.2 Å². The first kappa shape index (κ1) is 18.3. The van der Waals surface area contributed by atoms with Crippen molar-refractivity contribution >= 4 is 40.5 Å². The highest BCUT2D eigenvalue weighted by Crippen LogP contribution is 2.19. The quantitative estimate of drug-likeness (QED) is 0.489. The number of carbonyl (C=O) groups is 2. The van der Waals surface area contributed by atoms with Crippen LogP contribution in [0.1, 0.15) is 33.9 Å². The molecule has 0 atom stereocenters. The molecule has 0 fully saturated rings. The minimum absolute atomic E-state index is 0.0153. The van der Waals surface area contributed by atoms with Crippen LogP contribution < -0.4 is 5.32 Å². The molecule has 0 saturated heterocycles. The van der Waals surface area contributed by atoms with Crippen LogP contribution >= 0.6 is 23.1 Å². The van der Waals surface area contributed by atoms with E-state index in [1.807, 2.05) is 12.3 Å². The second-order valence-corrected chi connectivity index (χ2v) is 7.46. The second kappa shape index (κ2) is 8.24. The minimum Gasteiger partial charge on any atom is -0.416 e. The average molecular weight is 388 g/mol. The van der Waals surface area contributed by atoms with Gasteiger partial charge in [0.25, 0.3) is 5.22 Å². The molecule has 1 N–H and O–H groups in total. The maximum absolute atomic E-state index is 12.0. The first-order chi connectivity index (χ1) is 12.5. The highest BCUT2D eigenvalue weighted by molar-refractivity contribution is 7.99. The van der Waals surface area contributed by atoms with Crippen LogP contribution in [0.25, 0.3) is 0 Å². The van der Waals surface area contributed by atoms with Crippen molar-refractivity contribution < 1.29 is 14.0 Å². The normalized spacial score (nSPS) is 10.7. The fourth-order valence-corrected chi connectivity index (χ4v) is 3.32. The van der Waals surface area contributed by atoms with Gasteiger partial charge in [0.1, 0.15) is 0 Å². The zero-order valence-electron chi connectivity index (χ0n) is 14.2. The summed E-state index contributed by atoms with van der Waals surface area (Å²) in [7, 11) is 0. The lowest BCUT2D eigenvalue weighted by Crippen LogP contribution is -2.14. The van der Waals surface area contributed by atoms with Crippen molar-refractivity contribution in [2.75, 3.05) is 11.1 Å². The summed E-state index contributed by atoms with van der Waals surface area (Å²) in [6.07, 6.45) is 0.479. The van der Waals surface area contributed by atoms with Gasteiger partial charge in [-0.25, -0.2) is 4.98 Å². The van der Waals surface area contributed by atoms with Crippen molar-refractivity contribution in [3.05, 3.63) is 51.8 Å². The van der Waals surface area contributed by atoms with Gasteiger partial charge in [-0.2, -0.15) is 0 Å². The number of rotatable bonds is 7. The van der Waals surface area contributed by atoms with E-state index in [4.69, 9.17) is 4.42 Å². The summed E-state index contributed by atoms with van der Waals surface area (Å²) in [6.45, 7) is 3.44. The van der Waals surface area contributed by atoms with E-state index in [2.05, 4.69) is 20.5 Å². The van der Waals surface area contributed by atoms with E-state index in [-0.39, 0.29) is 17.4 Å². The first-order valence-electron chi connectivity index (χ1n) is 7.76. The van der Waals surface area contributed by atoms with E-state index < -0.39 is 0 Å². The molecule has 0 unspecified atom stereocenters. The third-order valence-corrected chi connectivity index (χ3v) is 4.99. The van der Waals surface area contributed by atoms with E-state index in [9.17, 15) is 9.59 Å². The third-order valence-electron chi connectivity index (χ3n) is 3.35. The number of carbonyl (C=O) groups excluding carboxylic acids is 2. The van der Waals surface area contributed by atoms with Crippen LogP contribution in [-0.4, -0.2) is 32.6 Å². The van der Waals surface area contributed by atoms with Gasteiger partial charge < -0.3 is 9.73 Å². The molecule has 26 heavy (non-hydrogen) atoms. The Kier molecular flexibility index (Phi) is 5.79. The van der Waals surface area contributed by atoms with Crippen LogP contribution in [0, 0.1) is 6.92 Å². The SMILES string of the molecule is CC(=O)c1ccc(NC(=O)CSc2nnc(Cc3csc(C)n3)o2)cc1. The zero-order chi connectivity index (χ0) is 18.5. The summed E-state index contributed by atoms with van der Waals surface area (Å²) in [4.78, 5) is 27.6. The van der Waals surface area contributed by atoms with Crippen LogP contribution in [0.2, 0.25) is 0 Å². The molecule has 1 amide bonds. The molecule has 2 heterocycles. The number of benzene rings is 1. The summed E-state index contributed by atoms with van der Waals surface area (Å²) in [5, 5.41) is 13.9. The van der Waals surface area contributed by atoms with Gasteiger partial charge in [0.05, 0.1) is 22.9 Å². The number of Topliss-reactive ketones (excluding diaryl/α,β-unsaturated/α-hetero) is 1. The van der Waals surface area contributed by atoms with Crippen molar-refractivity contribution in [1.29, 1.82) is 0 Å². The lowest BCUT2D eigenvalue weighted by atomic mass is 10.1. The first-order valence-corrected chi connectivity index (χ1v) is 9.63. The Labute approximate surface area is 158 Å². The Morgan fingerprint density at radius 3 is 2.65 bits per heavy atom. The minimum atomic E-state index is -0.194. The molecular formula is C17H16N4O3S2. The van der Waals surface area contributed by atoms with Gasteiger partial charge >= 0.3 is 0 Å². The number of hydrogen-bond donors (Lipinski definition) is 1. The molecular weight excluding hydrogens is 372 g/mol. The molecule has 0 aliphatic rings. The van der Waals surface area contributed by atoms with E-state index in [0.717, 1.165) is 10.7 Å². The molecule has 0 bridgehead atoms.